The van der Waals surface area contributed by atoms with Crippen LogP contribution in [0.1, 0.15) is 24.0 Å². The standard InChI is InChI=1S/C22H26N2O3/c1-25-21-4-5-22-19(12-21)11-18(16-27-22)14-24-9-6-20(7-10-24)26-15-17-3-2-8-23-13-17/h2-5,8,11-13,20H,6-7,9-10,14-16H2,1H3. The average molecular weight is 366 g/mol. The number of piperidine rings is 1. The molecule has 0 spiro atoms. The van der Waals surface area contributed by atoms with E-state index in [2.05, 4.69) is 22.0 Å². The van der Waals surface area contributed by atoms with Gasteiger partial charge in [0, 0.05) is 37.6 Å². The molecule has 0 saturated carbocycles. The molecule has 27 heavy (non-hydrogen) atoms. The van der Waals surface area contributed by atoms with Crippen molar-refractivity contribution in [2.45, 2.75) is 25.6 Å². The van der Waals surface area contributed by atoms with Gasteiger partial charge in [-0.2, -0.15) is 0 Å². The minimum atomic E-state index is 0.336. The van der Waals surface area contributed by atoms with Gasteiger partial charge in [0.25, 0.3) is 0 Å². The van der Waals surface area contributed by atoms with E-state index < -0.39 is 0 Å². The molecule has 2 aliphatic rings. The molecule has 0 N–H and O–H groups in total. The lowest BCUT2D eigenvalue weighted by molar-refractivity contribution is -0.00113. The molecular weight excluding hydrogens is 340 g/mol. The third-order valence-corrected chi connectivity index (χ3v) is 5.16. The van der Waals surface area contributed by atoms with Crippen molar-refractivity contribution in [3.05, 3.63) is 59.4 Å². The van der Waals surface area contributed by atoms with Crippen molar-refractivity contribution in [2.24, 2.45) is 0 Å². The topological polar surface area (TPSA) is 43.8 Å². The minimum absolute atomic E-state index is 0.336. The zero-order valence-electron chi connectivity index (χ0n) is 15.8. The summed E-state index contributed by atoms with van der Waals surface area (Å²) >= 11 is 0. The number of pyridine rings is 1. The largest absolute Gasteiger partial charge is 0.497 e. The van der Waals surface area contributed by atoms with E-state index in [1.807, 2.05) is 30.5 Å². The van der Waals surface area contributed by atoms with Gasteiger partial charge in [-0.3, -0.25) is 9.88 Å². The van der Waals surface area contributed by atoms with Gasteiger partial charge in [-0.15, -0.1) is 0 Å². The first kappa shape index (κ1) is 18.0. The Hall–Kier alpha value is -2.37. The number of aromatic nitrogens is 1. The van der Waals surface area contributed by atoms with E-state index in [1.165, 1.54) is 5.57 Å². The number of likely N-dealkylation sites (tertiary alicyclic amines) is 1. The highest BCUT2D eigenvalue weighted by molar-refractivity contribution is 5.64. The van der Waals surface area contributed by atoms with E-state index in [1.54, 1.807) is 13.3 Å². The van der Waals surface area contributed by atoms with E-state index in [0.29, 0.717) is 19.3 Å². The summed E-state index contributed by atoms with van der Waals surface area (Å²) in [5, 5.41) is 0. The Morgan fingerprint density at radius 2 is 2.11 bits per heavy atom. The maximum absolute atomic E-state index is 6.06. The highest BCUT2D eigenvalue weighted by Crippen LogP contribution is 2.30. The summed E-state index contributed by atoms with van der Waals surface area (Å²) < 4.78 is 17.3. The van der Waals surface area contributed by atoms with E-state index in [-0.39, 0.29) is 0 Å². The predicted octanol–water partition coefficient (Wildman–Crippen LogP) is 3.55. The van der Waals surface area contributed by atoms with Crippen LogP contribution >= 0.6 is 0 Å². The maximum atomic E-state index is 6.06. The lowest BCUT2D eigenvalue weighted by Gasteiger charge is -2.33. The highest BCUT2D eigenvalue weighted by Gasteiger charge is 2.21. The van der Waals surface area contributed by atoms with Crippen LogP contribution in [0, 0.1) is 0 Å². The third kappa shape index (κ3) is 4.67. The van der Waals surface area contributed by atoms with Crippen molar-refractivity contribution in [2.75, 3.05) is 33.4 Å². The molecule has 5 nitrogen and oxygen atoms in total. The summed E-state index contributed by atoms with van der Waals surface area (Å²) in [6, 6.07) is 9.97. The molecule has 0 amide bonds. The van der Waals surface area contributed by atoms with Crippen LogP contribution in [0.3, 0.4) is 0 Å². The number of hydrogen-bond donors (Lipinski definition) is 0. The van der Waals surface area contributed by atoms with E-state index in [9.17, 15) is 0 Å². The number of benzene rings is 1. The van der Waals surface area contributed by atoms with Gasteiger partial charge in [0.05, 0.1) is 19.8 Å². The van der Waals surface area contributed by atoms with Crippen LogP contribution in [0.15, 0.2) is 48.3 Å². The van der Waals surface area contributed by atoms with Crippen molar-refractivity contribution in [1.82, 2.24) is 9.88 Å². The van der Waals surface area contributed by atoms with Crippen LogP contribution < -0.4 is 9.47 Å². The molecule has 3 heterocycles. The molecule has 4 rings (SSSR count). The van der Waals surface area contributed by atoms with Gasteiger partial charge >= 0.3 is 0 Å². The fraction of sp³-hybridized carbons (Fsp3) is 0.409. The molecule has 1 fully saturated rings. The zero-order valence-corrected chi connectivity index (χ0v) is 15.8. The van der Waals surface area contributed by atoms with Crippen molar-refractivity contribution in [3.63, 3.8) is 0 Å². The molecule has 2 aliphatic heterocycles. The van der Waals surface area contributed by atoms with Crippen LogP contribution in [0.2, 0.25) is 0 Å². The Morgan fingerprint density at radius 1 is 1.22 bits per heavy atom. The second kappa shape index (κ2) is 8.55. The van der Waals surface area contributed by atoms with Crippen molar-refractivity contribution < 1.29 is 14.2 Å². The summed E-state index contributed by atoms with van der Waals surface area (Å²) in [4.78, 5) is 6.63. The number of fused-ring (bicyclic) bond motifs is 1. The molecule has 0 bridgehead atoms. The summed E-state index contributed by atoms with van der Waals surface area (Å²) in [6.45, 7) is 4.37. The Labute approximate surface area is 160 Å². The lowest BCUT2D eigenvalue weighted by Crippen LogP contribution is -2.38. The first-order valence-corrected chi connectivity index (χ1v) is 9.53. The molecule has 1 saturated heterocycles. The second-order valence-electron chi connectivity index (χ2n) is 7.14. The summed E-state index contributed by atoms with van der Waals surface area (Å²) in [6.07, 6.45) is 8.38. The summed E-state index contributed by atoms with van der Waals surface area (Å²) in [5.41, 5.74) is 3.55. The fourth-order valence-corrected chi connectivity index (χ4v) is 3.64. The molecule has 1 aromatic heterocycles. The van der Waals surface area contributed by atoms with E-state index >= 15 is 0 Å². The Kier molecular flexibility index (Phi) is 5.70. The molecule has 1 aromatic carbocycles. The molecule has 2 aromatic rings. The van der Waals surface area contributed by atoms with E-state index in [4.69, 9.17) is 14.2 Å². The monoisotopic (exact) mass is 366 g/mol. The Balaban J connectivity index is 1.27. The van der Waals surface area contributed by atoms with E-state index in [0.717, 1.165) is 55.1 Å². The molecule has 142 valence electrons. The smallest absolute Gasteiger partial charge is 0.127 e. The highest BCUT2D eigenvalue weighted by atomic mass is 16.5. The molecule has 0 atom stereocenters. The number of hydrogen-bond acceptors (Lipinski definition) is 5. The summed E-state index contributed by atoms with van der Waals surface area (Å²) in [5.74, 6) is 1.79. The van der Waals surface area contributed by atoms with Crippen LogP contribution in [0.4, 0.5) is 0 Å². The average Bonchev–Trinajstić information content (AvgIpc) is 2.73. The first-order valence-electron chi connectivity index (χ1n) is 9.53. The molecule has 5 heteroatoms. The number of nitrogens with zero attached hydrogens (tertiary/aromatic N) is 2. The van der Waals surface area contributed by atoms with Crippen LogP contribution in [0.5, 0.6) is 11.5 Å². The van der Waals surface area contributed by atoms with Gasteiger partial charge in [0.2, 0.25) is 0 Å². The quantitative estimate of drug-likeness (QED) is 0.782. The van der Waals surface area contributed by atoms with Crippen molar-refractivity contribution >= 4 is 6.08 Å². The molecule has 0 radical (unpaired) electrons. The minimum Gasteiger partial charge on any atom is -0.497 e. The van der Waals surface area contributed by atoms with Crippen LogP contribution in [-0.4, -0.2) is 49.3 Å². The normalized spacial score (nSPS) is 17.7. The maximum Gasteiger partial charge on any atom is 0.127 e. The molecule has 0 unspecified atom stereocenters. The second-order valence-corrected chi connectivity index (χ2v) is 7.14. The van der Waals surface area contributed by atoms with Crippen molar-refractivity contribution in [3.8, 4) is 11.5 Å². The SMILES string of the molecule is COc1ccc2c(c1)C=C(CN1CCC(OCc3cccnc3)CC1)CO2. The van der Waals surface area contributed by atoms with Gasteiger partial charge < -0.3 is 14.2 Å². The fourth-order valence-electron chi connectivity index (χ4n) is 3.64. The van der Waals surface area contributed by atoms with Crippen LogP contribution in [-0.2, 0) is 11.3 Å². The number of ether oxygens (including phenoxy) is 3. The lowest BCUT2D eigenvalue weighted by atomic mass is 10.0. The van der Waals surface area contributed by atoms with Gasteiger partial charge in [0.1, 0.15) is 18.1 Å². The number of methoxy groups -OCH3 is 1. The van der Waals surface area contributed by atoms with Gasteiger partial charge in [-0.1, -0.05) is 6.07 Å². The summed E-state index contributed by atoms with van der Waals surface area (Å²) in [7, 11) is 1.69. The van der Waals surface area contributed by atoms with Gasteiger partial charge in [0.15, 0.2) is 0 Å². The van der Waals surface area contributed by atoms with Crippen molar-refractivity contribution in [1.29, 1.82) is 0 Å². The number of rotatable bonds is 6. The Bertz CT molecular complexity index is 783. The van der Waals surface area contributed by atoms with Gasteiger partial charge in [-0.25, -0.2) is 0 Å². The molecule has 0 aliphatic carbocycles. The molecular formula is C22H26N2O3. The predicted molar refractivity (Wildman–Crippen MR) is 105 cm³/mol. The third-order valence-electron chi connectivity index (χ3n) is 5.16. The van der Waals surface area contributed by atoms with Gasteiger partial charge in [-0.05, 0) is 54.3 Å². The zero-order chi connectivity index (χ0) is 18.5. The first-order chi connectivity index (χ1) is 13.3. The van der Waals surface area contributed by atoms with Crippen LogP contribution in [0.25, 0.3) is 6.08 Å². The Morgan fingerprint density at radius 3 is 2.89 bits per heavy atom.